The molecule has 0 N–H and O–H groups in total. The first-order valence-corrected chi connectivity index (χ1v) is 30.2. The smallest absolute Gasteiger partial charge is 0.285 e. The van der Waals surface area contributed by atoms with Gasteiger partial charge in [0.25, 0.3) is 0 Å². The van der Waals surface area contributed by atoms with Gasteiger partial charge in [-0.05, 0) is 33.4 Å². The van der Waals surface area contributed by atoms with Crippen molar-refractivity contribution in [1.29, 1.82) is 0 Å². The van der Waals surface area contributed by atoms with Crippen LogP contribution in [0.2, 0.25) is 0 Å². The summed E-state index contributed by atoms with van der Waals surface area (Å²) in [6.45, 7) is 7.59. The Morgan fingerprint density at radius 2 is 0.374 bits per heavy atom. The Bertz CT molecular complexity index is 3310. The van der Waals surface area contributed by atoms with Gasteiger partial charge < -0.3 is 0 Å². The van der Waals surface area contributed by atoms with Crippen molar-refractivity contribution in [3.63, 3.8) is 0 Å². The van der Waals surface area contributed by atoms with E-state index in [-0.39, 0.29) is 16.8 Å². The average Bonchev–Trinajstić information content (AvgIpc) is 2.76. The molecule has 12 rings (SSSR count). The summed E-state index contributed by atoms with van der Waals surface area (Å²) in [5, 5.41) is 52.8. The molecule has 0 spiro atoms. The number of rotatable bonds is 24. The van der Waals surface area contributed by atoms with Crippen molar-refractivity contribution in [3.8, 4) is 0 Å². The van der Waals surface area contributed by atoms with E-state index in [1.54, 1.807) is 0 Å². The third-order valence-corrected chi connectivity index (χ3v) is 13.0. The minimum Gasteiger partial charge on any atom is -0.285 e. The van der Waals surface area contributed by atoms with Crippen LogP contribution in [0.1, 0.15) is 67.5 Å². The molecule has 0 aliphatic carbocycles. The summed E-state index contributed by atoms with van der Waals surface area (Å²) in [5.41, 5.74) is 12.4. The quantitative estimate of drug-likeness (QED) is 0.0638. The van der Waals surface area contributed by atoms with Gasteiger partial charge in [0, 0.05) is 39.3 Å². The maximum absolute atomic E-state index is 8.49. The van der Waals surface area contributed by atoms with E-state index in [1.807, 2.05) is 174 Å². The van der Waals surface area contributed by atoms with E-state index in [9.17, 15) is 0 Å². The molecule has 0 unspecified atom stereocenters. The van der Waals surface area contributed by atoms with E-state index in [1.165, 1.54) is 33.4 Å². The molecule has 6 aromatic heterocycles. The number of hydrogen-bond donors (Lipinski definition) is 0. The van der Waals surface area contributed by atoms with E-state index in [0.29, 0.717) is 78.5 Å². The summed E-state index contributed by atoms with van der Waals surface area (Å²) in [5.74, 6) is 0. The van der Waals surface area contributed by atoms with E-state index < -0.39 is 20.5 Å². The molecule has 1 radical (unpaired) electrons. The van der Waals surface area contributed by atoms with Gasteiger partial charge in [-0.2, -0.15) is 0 Å². The van der Waals surface area contributed by atoms with Crippen molar-refractivity contribution in [2.75, 3.05) is 0 Å². The fraction of sp³-hybridized carbons (Fsp3) is 0.200. The zero-order valence-electron chi connectivity index (χ0n) is 48.6. The fourth-order valence-corrected chi connectivity index (χ4v) is 9.26. The summed E-state index contributed by atoms with van der Waals surface area (Å²) in [4.78, 5) is 4.48. The molecule has 471 valence electrons. The van der Waals surface area contributed by atoms with Crippen LogP contribution in [-0.2, 0) is 95.3 Å². The molecule has 6 aromatic carbocycles. The van der Waals surface area contributed by atoms with Crippen molar-refractivity contribution >= 4 is 0 Å². The van der Waals surface area contributed by atoms with Gasteiger partial charge in [0.15, 0.2) is 0 Å². The second kappa shape index (κ2) is 34.2. The standard InChI is InChI=1S/2C30H30N10.2ClHO4.Co/c2*1-4-10-25(11-5-1)16-38-22-28(31-34-38)19-37(20-29-23-39(35-32-29)17-26-12-6-2-7-13-26)21-30-24-40(36-33-30)18-27-14-8-3-9-15-27;2*2-1(3,4)5;/h2*1-15,22-24H,16-21H2;2*(H,2,3,4,5);/q;;;;+2/p-2. The van der Waals surface area contributed by atoms with E-state index in [0.717, 1.165) is 34.2 Å². The van der Waals surface area contributed by atoms with Crippen LogP contribution in [0.25, 0.3) is 0 Å². The van der Waals surface area contributed by atoms with Crippen LogP contribution < -0.4 is 37.3 Å². The monoisotopic (exact) mass is 1320 g/mol. The van der Waals surface area contributed by atoms with Crippen LogP contribution in [-0.4, -0.2) is 99.8 Å². The van der Waals surface area contributed by atoms with Crippen LogP contribution in [0.15, 0.2) is 219 Å². The summed E-state index contributed by atoms with van der Waals surface area (Å²) < 4.78 is 79.2. The average molecular weight is 1320 g/mol. The van der Waals surface area contributed by atoms with E-state index in [4.69, 9.17) is 37.3 Å². The maximum Gasteiger partial charge on any atom is 2.00 e. The summed E-state index contributed by atoms with van der Waals surface area (Å²) in [7, 11) is -9.89. The fourth-order valence-electron chi connectivity index (χ4n) is 9.26. The minimum atomic E-state index is -4.94. The van der Waals surface area contributed by atoms with Gasteiger partial charge >= 0.3 is 16.8 Å². The molecule has 0 aliphatic heterocycles. The van der Waals surface area contributed by atoms with Gasteiger partial charge in [-0.25, -0.2) is 65.4 Å². The Balaban J connectivity index is 0.000000202. The predicted molar refractivity (Wildman–Crippen MR) is 299 cm³/mol. The second-order valence-corrected chi connectivity index (χ2v) is 21.9. The second-order valence-electron chi connectivity index (χ2n) is 20.4. The Kier molecular flexibility index (Phi) is 25.4. The first-order chi connectivity index (χ1) is 43.5. The van der Waals surface area contributed by atoms with Crippen LogP contribution in [0.3, 0.4) is 0 Å². The third-order valence-electron chi connectivity index (χ3n) is 13.0. The first kappa shape index (κ1) is 67.8. The molecule has 91 heavy (non-hydrogen) atoms. The molecule has 0 amide bonds. The van der Waals surface area contributed by atoms with Crippen LogP contribution in [0.5, 0.6) is 0 Å². The molecule has 0 saturated heterocycles. The van der Waals surface area contributed by atoms with Crippen molar-refractivity contribution in [2.24, 2.45) is 0 Å². The summed E-state index contributed by atoms with van der Waals surface area (Å²) >= 11 is 0. The topological polar surface area (TPSA) is 375 Å². The van der Waals surface area contributed by atoms with Crippen molar-refractivity contribution in [2.45, 2.75) is 78.5 Å². The largest absolute Gasteiger partial charge is 2.00 e. The van der Waals surface area contributed by atoms with Gasteiger partial charge in [0.1, 0.15) is 0 Å². The van der Waals surface area contributed by atoms with Gasteiger partial charge in [0.2, 0.25) is 0 Å². The van der Waals surface area contributed by atoms with Crippen LogP contribution >= 0.6 is 0 Å². The molecular weight excluding hydrogens is 1260 g/mol. The third kappa shape index (κ3) is 25.3. The van der Waals surface area contributed by atoms with Crippen molar-refractivity contribution in [3.05, 3.63) is 287 Å². The van der Waals surface area contributed by atoms with Gasteiger partial charge in [0.05, 0.1) is 111 Å². The molecule has 0 bridgehead atoms. The SMILES string of the molecule is [Co+2].[O-][Cl+3]([O-])([O-])[O-].[O-][Cl+3]([O-])([O-])[O-].c1ccc(Cn2cc(CN(Cc3cn(Cc4ccccc4)nn3)Cc3cn(Cc4ccccc4)nn3)nn2)cc1.c1ccc(Cn2cc(CN(Cc3cn(Cc4ccccc4)nn3)Cc3cn(Cc4ccccc4)nn3)nn2)cc1. The van der Waals surface area contributed by atoms with E-state index >= 15 is 0 Å². The molecule has 28 nitrogen and oxygen atoms in total. The predicted octanol–water partition coefficient (Wildman–Crippen LogP) is -1.90. The molecule has 0 fully saturated rings. The summed E-state index contributed by atoms with van der Waals surface area (Å²) in [6.07, 6.45) is 12.0. The molecule has 0 saturated carbocycles. The van der Waals surface area contributed by atoms with Crippen molar-refractivity contribution in [1.82, 2.24) is 99.8 Å². The molecule has 6 heterocycles. The zero-order chi connectivity index (χ0) is 63.0. The molecule has 0 aliphatic rings. The Hall–Kier alpha value is -9.15. The van der Waals surface area contributed by atoms with Gasteiger partial charge in [-0.1, -0.05) is 213 Å². The molecular formula is C60H60Cl2CoN20O8. The maximum atomic E-state index is 8.49. The van der Waals surface area contributed by atoms with Gasteiger partial charge in [-0.3, -0.25) is 9.80 Å². The molecule has 12 aromatic rings. The summed E-state index contributed by atoms with van der Waals surface area (Å²) in [6, 6.07) is 61.5. The molecule has 0 atom stereocenters. The molecule has 31 heteroatoms. The van der Waals surface area contributed by atoms with Gasteiger partial charge in [-0.15, -0.1) is 51.1 Å². The van der Waals surface area contributed by atoms with E-state index in [2.05, 4.69) is 144 Å². The number of benzene rings is 6. The number of hydrogen-bond acceptors (Lipinski definition) is 22. The Labute approximate surface area is 536 Å². The minimum absolute atomic E-state index is 0. The zero-order valence-corrected chi connectivity index (χ0v) is 51.1. The number of nitrogens with zero attached hydrogens (tertiary/aromatic N) is 20. The number of aromatic nitrogens is 18. The first-order valence-electron chi connectivity index (χ1n) is 27.8. The normalized spacial score (nSPS) is 11.3. The Morgan fingerprint density at radius 3 is 0.505 bits per heavy atom. The van der Waals surface area contributed by atoms with Crippen LogP contribution in [0, 0.1) is 20.5 Å². The number of halogens is 2. The Morgan fingerprint density at radius 1 is 0.242 bits per heavy atom. The van der Waals surface area contributed by atoms with Crippen molar-refractivity contribution < 1.29 is 74.5 Å². The van der Waals surface area contributed by atoms with Crippen LogP contribution in [0.4, 0.5) is 0 Å².